The lowest BCUT2D eigenvalue weighted by Gasteiger charge is -1.89. The van der Waals surface area contributed by atoms with Gasteiger partial charge in [-0.05, 0) is 12.1 Å². The normalized spacial score (nSPS) is 7.80. The number of hydrogen-bond acceptors (Lipinski definition) is 4. The lowest BCUT2D eigenvalue weighted by Crippen LogP contribution is -1.61. The van der Waals surface area contributed by atoms with Crippen LogP contribution in [0.5, 0.6) is 11.5 Å². The van der Waals surface area contributed by atoms with Gasteiger partial charge in [0.15, 0.2) is 0 Å². The zero-order valence-corrected chi connectivity index (χ0v) is 5.10. The van der Waals surface area contributed by atoms with Gasteiger partial charge < -0.3 is 10.2 Å². The van der Waals surface area contributed by atoms with Gasteiger partial charge in [-0.3, -0.25) is 10.5 Å². The molecule has 4 N–H and O–H groups in total. The van der Waals surface area contributed by atoms with Crippen molar-refractivity contribution in [2.75, 3.05) is 0 Å². The van der Waals surface area contributed by atoms with Gasteiger partial charge in [0.05, 0.1) is 0 Å². The van der Waals surface area contributed by atoms with Gasteiger partial charge in [-0.1, -0.05) is 6.07 Å². The van der Waals surface area contributed by atoms with Crippen LogP contribution in [0.3, 0.4) is 0 Å². The average molecular weight is 144 g/mol. The van der Waals surface area contributed by atoms with E-state index in [1.54, 1.807) is 6.07 Å². The molecule has 10 heavy (non-hydrogen) atoms. The van der Waals surface area contributed by atoms with Crippen molar-refractivity contribution >= 4 is 0 Å². The van der Waals surface area contributed by atoms with E-state index in [1.165, 1.54) is 18.2 Å². The van der Waals surface area contributed by atoms with Crippen LogP contribution < -0.4 is 0 Å². The Bertz CT molecular complexity index is 170. The van der Waals surface area contributed by atoms with Crippen molar-refractivity contribution in [3.8, 4) is 11.5 Å². The first kappa shape index (κ1) is 8.74. The van der Waals surface area contributed by atoms with Gasteiger partial charge in [-0.15, -0.1) is 0 Å². The summed E-state index contributed by atoms with van der Waals surface area (Å²) in [5.74, 6) is 0.176. The number of rotatable bonds is 0. The van der Waals surface area contributed by atoms with Crippen molar-refractivity contribution in [2.24, 2.45) is 0 Å². The molecule has 0 bridgehead atoms. The highest BCUT2D eigenvalue weighted by Gasteiger charge is 1.85. The molecule has 0 radical (unpaired) electrons. The van der Waals surface area contributed by atoms with Crippen LogP contribution in [0.25, 0.3) is 0 Å². The molecule has 0 aliphatic heterocycles. The lowest BCUT2D eigenvalue weighted by molar-refractivity contribution is -0.176. The third-order valence-electron chi connectivity index (χ3n) is 0.830. The van der Waals surface area contributed by atoms with Crippen molar-refractivity contribution in [3.05, 3.63) is 24.3 Å². The number of benzene rings is 1. The zero-order chi connectivity index (χ0) is 7.98. The molecule has 0 amide bonds. The van der Waals surface area contributed by atoms with E-state index in [4.69, 9.17) is 20.7 Å². The molecule has 4 nitrogen and oxygen atoms in total. The van der Waals surface area contributed by atoms with Gasteiger partial charge in [-0.2, -0.15) is 0 Å². The molecule has 1 aromatic carbocycles. The van der Waals surface area contributed by atoms with Gasteiger partial charge in [-0.25, -0.2) is 0 Å². The summed E-state index contributed by atoms with van der Waals surface area (Å²) >= 11 is 0. The predicted octanol–water partition coefficient (Wildman–Crippen LogP) is 1.12. The van der Waals surface area contributed by atoms with Gasteiger partial charge in [0.25, 0.3) is 0 Å². The van der Waals surface area contributed by atoms with Gasteiger partial charge in [0.1, 0.15) is 11.5 Å². The van der Waals surface area contributed by atoms with Crippen molar-refractivity contribution in [1.29, 1.82) is 0 Å². The Balaban J connectivity index is 0.000000371. The topological polar surface area (TPSA) is 80.9 Å². The Hall–Kier alpha value is -1.26. The summed E-state index contributed by atoms with van der Waals surface area (Å²) in [5.41, 5.74) is 0. The maximum absolute atomic E-state index is 8.65. The van der Waals surface area contributed by atoms with Crippen LogP contribution in [0, 0.1) is 0 Å². The Labute approximate surface area is 57.5 Å². The summed E-state index contributed by atoms with van der Waals surface area (Å²) in [7, 11) is 0. The van der Waals surface area contributed by atoms with E-state index >= 15 is 0 Å². The van der Waals surface area contributed by atoms with E-state index in [2.05, 4.69) is 0 Å². The summed E-state index contributed by atoms with van der Waals surface area (Å²) in [6.45, 7) is 0. The van der Waals surface area contributed by atoms with Crippen LogP contribution in [0.4, 0.5) is 0 Å². The highest BCUT2D eigenvalue weighted by atomic mass is 17.0. The van der Waals surface area contributed by atoms with Crippen molar-refractivity contribution in [1.82, 2.24) is 0 Å². The van der Waals surface area contributed by atoms with Gasteiger partial charge in [0, 0.05) is 6.07 Å². The van der Waals surface area contributed by atoms with Crippen LogP contribution in [0.2, 0.25) is 0 Å². The minimum Gasteiger partial charge on any atom is -0.508 e. The van der Waals surface area contributed by atoms with Crippen molar-refractivity contribution < 1.29 is 20.7 Å². The monoisotopic (exact) mass is 144 g/mol. The van der Waals surface area contributed by atoms with Crippen LogP contribution >= 0.6 is 0 Å². The molecule has 0 aliphatic carbocycles. The number of hydrogen-bond donors (Lipinski definition) is 4. The fourth-order valence-corrected chi connectivity index (χ4v) is 0.493. The predicted molar refractivity (Wildman–Crippen MR) is 35.0 cm³/mol. The molecular formula is C6H8O4. The average Bonchev–Trinajstić information content (AvgIpc) is 1.91. The van der Waals surface area contributed by atoms with Crippen LogP contribution in [-0.4, -0.2) is 20.7 Å². The number of phenolic OH excluding ortho intramolecular Hbond substituents is 2. The van der Waals surface area contributed by atoms with E-state index in [-0.39, 0.29) is 11.5 Å². The van der Waals surface area contributed by atoms with Crippen molar-refractivity contribution in [3.63, 3.8) is 0 Å². The third kappa shape index (κ3) is 2.91. The fraction of sp³-hybridized carbons (Fsp3) is 0. The van der Waals surface area contributed by atoms with Crippen LogP contribution in [0.1, 0.15) is 0 Å². The molecule has 56 valence electrons. The Morgan fingerprint density at radius 1 is 0.900 bits per heavy atom. The Kier molecular flexibility index (Phi) is 4.02. The Morgan fingerprint density at radius 2 is 1.30 bits per heavy atom. The molecule has 0 fully saturated rings. The quantitative estimate of drug-likeness (QED) is 0.325. The molecule has 0 saturated carbocycles. The summed E-state index contributed by atoms with van der Waals surface area (Å²) < 4.78 is 0. The maximum atomic E-state index is 8.65. The highest BCUT2D eigenvalue weighted by molar-refractivity contribution is 5.30. The first-order valence-electron chi connectivity index (χ1n) is 2.47. The maximum Gasteiger partial charge on any atom is 0.119 e. The lowest BCUT2D eigenvalue weighted by atomic mass is 10.3. The Morgan fingerprint density at radius 3 is 1.50 bits per heavy atom. The highest BCUT2D eigenvalue weighted by Crippen LogP contribution is 2.14. The molecule has 4 heteroatoms. The standard InChI is InChI=1S/C6H6O2.H2O2/c7-5-2-1-3-6(8)4-5;1-2/h1-4,7-8H;1-2H. The second-order valence-corrected chi connectivity index (χ2v) is 1.52. The van der Waals surface area contributed by atoms with E-state index in [9.17, 15) is 0 Å². The molecule has 1 aromatic rings. The first-order chi connectivity index (χ1) is 4.79. The third-order valence-corrected chi connectivity index (χ3v) is 0.830. The van der Waals surface area contributed by atoms with E-state index < -0.39 is 0 Å². The zero-order valence-electron chi connectivity index (χ0n) is 5.10. The molecule has 0 spiro atoms. The van der Waals surface area contributed by atoms with Crippen LogP contribution in [0.15, 0.2) is 24.3 Å². The second kappa shape index (κ2) is 4.60. The summed E-state index contributed by atoms with van der Waals surface area (Å²) in [6, 6.07) is 5.85. The van der Waals surface area contributed by atoms with Crippen LogP contribution in [-0.2, 0) is 0 Å². The molecule has 0 unspecified atom stereocenters. The van der Waals surface area contributed by atoms with Gasteiger partial charge >= 0.3 is 0 Å². The molecule has 0 heterocycles. The molecule has 0 atom stereocenters. The molecular weight excluding hydrogens is 136 g/mol. The molecule has 1 rings (SSSR count). The number of phenols is 2. The minimum atomic E-state index is 0.0880. The second-order valence-electron chi connectivity index (χ2n) is 1.52. The molecule has 0 aliphatic rings. The summed E-state index contributed by atoms with van der Waals surface area (Å²) in [4.78, 5) is 0. The smallest absolute Gasteiger partial charge is 0.119 e. The fourth-order valence-electron chi connectivity index (χ4n) is 0.493. The van der Waals surface area contributed by atoms with E-state index in [0.29, 0.717) is 0 Å². The van der Waals surface area contributed by atoms with E-state index in [1.807, 2.05) is 0 Å². The van der Waals surface area contributed by atoms with E-state index in [0.717, 1.165) is 0 Å². The minimum absolute atomic E-state index is 0.0880. The molecule has 0 saturated heterocycles. The first-order valence-corrected chi connectivity index (χ1v) is 2.47. The molecule has 0 aromatic heterocycles. The number of aromatic hydroxyl groups is 2. The SMILES string of the molecule is OO.Oc1cccc(O)c1. The van der Waals surface area contributed by atoms with Crippen molar-refractivity contribution in [2.45, 2.75) is 0 Å². The van der Waals surface area contributed by atoms with Gasteiger partial charge in [0.2, 0.25) is 0 Å². The summed E-state index contributed by atoms with van der Waals surface area (Å²) in [6.07, 6.45) is 0. The largest absolute Gasteiger partial charge is 0.508 e. The summed E-state index contributed by atoms with van der Waals surface area (Å²) in [5, 5.41) is 29.3.